The zero-order valence-electron chi connectivity index (χ0n) is 10.8. The van der Waals surface area contributed by atoms with Gasteiger partial charge in [0.05, 0.1) is 23.7 Å². The molecule has 112 valence electrons. The van der Waals surface area contributed by atoms with Gasteiger partial charge in [0.15, 0.2) is 0 Å². The quantitative estimate of drug-likeness (QED) is 0.788. The Hall–Kier alpha value is -2.76. The molecule has 0 bridgehead atoms. The number of benzene rings is 1. The molecule has 1 rings (SSSR count). The van der Waals surface area contributed by atoms with Crippen LogP contribution in [0.25, 0.3) is 0 Å². The minimum atomic E-state index is -4.71. The molecular weight excluding hydrogens is 289 g/mol. The smallest absolute Gasteiger partial charge is 0.358 e. The lowest BCUT2D eigenvalue weighted by molar-refractivity contribution is -0.137. The molecule has 0 atom stereocenters. The van der Waals surface area contributed by atoms with Gasteiger partial charge in [-0.15, -0.1) is 0 Å². The number of likely N-dealkylation sites (N-methyl/N-ethyl adjacent to an activating group) is 1. The van der Waals surface area contributed by atoms with Crippen molar-refractivity contribution in [2.45, 2.75) is 6.18 Å². The summed E-state index contributed by atoms with van der Waals surface area (Å²) in [7, 11) is 1.37. The minimum Gasteiger partial charge on any atom is -0.358 e. The van der Waals surface area contributed by atoms with E-state index in [1.807, 2.05) is 0 Å². The number of hydrogen-bond donors (Lipinski definition) is 3. The monoisotopic (exact) mass is 300 g/mol. The lowest BCUT2D eigenvalue weighted by atomic mass is 10.1. The normalized spacial score (nSPS) is 10.4. The number of halogens is 3. The van der Waals surface area contributed by atoms with Crippen molar-refractivity contribution in [2.24, 2.45) is 0 Å². The number of nitriles is 1. The van der Waals surface area contributed by atoms with Gasteiger partial charge in [0.2, 0.25) is 5.91 Å². The third-order valence-electron chi connectivity index (χ3n) is 2.39. The van der Waals surface area contributed by atoms with E-state index in [9.17, 15) is 22.8 Å². The number of carbonyl (C=O) groups excluding carboxylic acids is 2. The molecule has 1 aromatic rings. The number of carbonyl (C=O) groups is 2. The summed E-state index contributed by atoms with van der Waals surface area (Å²) in [5, 5.41) is 15.2. The first-order valence-electron chi connectivity index (χ1n) is 5.64. The first-order valence-corrected chi connectivity index (χ1v) is 5.64. The van der Waals surface area contributed by atoms with E-state index in [-0.39, 0.29) is 12.2 Å². The number of urea groups is 1. The Morgan fingerprint density at radius 2 is 2.00 bits per heavy atom. The second-order valence-corrected chi connectivity index (χ2v) is 3.85. The van der Waals surface area contributed by atoms with Gasteiger partial charge < -0.3 is 16.0 Å². The molecule has 3 N–H and O–H groups in total. The summed E-state index contributed by atoms with van der Waals surface area (Å²) >= 11 is 0. The third kappa shape index (κ3) is 4.68. The lowest BCUT2D eigenvalue weighted by Crippen LogP contribution is -2.37. The summed E-state index contributed by atoms with van der Waals surface area (Å²) < 4.78 is 38.2. The maximum absolute atomic E-state index is 12.7. The van der Waals surface area contributed by atoms with Crippen molar-refractivity contribution in [1.82, 2.24) is 10.6 Å². The lowest BCUT2D eigenvalue weighted by Gasteiger charge is -2.12. The van der Waals surface area contributed by atoms with Crippen LogP contribution >= 0.6 is 0 Å². The van der Waals surface area contributed by atoms with E-state index in [0.717, 1.165) is 12.1 Å². The number of alkyl halides is 3. The van der Waals surface area contributed by atoms with Crippen molar-refractivity contribution in [3.8, 4) is 6.07 Å². The van der Waals surface area contributed by atoms with Gasteiger partial charge in [0.25, 0.3) is 0 Å². The van der Waals surface area contributed by atoms with Crippen LogP contribution in [0, 0.1) is 11.3 Å². The van der Waals surface area contributed by atoms with E-state index >= 15 is 0 Å². The summed E-state index contributed by atoms with van der Waals surface area (Å²) in [6.07, 6.45) is -4.71. The van der Waals surface area contributed by atoms with Crippen LogP contribution in [0.5, 0.6) is 0 Å². The van der Waals surface area contributed by atoms with Crippen molar-refractivity contribution in [3.63, 3.8) is 0 Å². The van der Waals surface area contributed by atoms with Gasteiger partial charge in [-0.05, 0) is 18.2 Å². The van der Waals surface area contributed by atoms with Crippen molar-refractivity contribution >= 4 is 17.6 Å². The van der Waals surface area contributed by atoms with Crippen LogP contribution in [0.2, 0.25) is 0 Å². The van der Waals surface area contributed by atoms with Gasteiger partial charge in [-0.3, -0.25) is 4.79 Å². The first-order chi connectivity index (χ1) is 9.77. The van der Waals surface area contributed by atoms with Crippen LogP contribution in [-0.2, 0) is 11.0 Å². The Morgan fingerprint density at radius 3 is 2.52 bits per heavy atom. The molecule has 0 saturated carbocycles. The van der Waals surface area contributed by atoms with Gasteiger partial charge in [-0.1, -0.05) is 0 Å². The number of anilines is 1. The Balaban J connectivity index is 2.84. The van der Waals surface area contributed by atoms with Gasteiger partial charge >= 0.3 is 12.2 Å². The predicted molar refractivity (Wildman–Crippen MR) is 67.2 cm³/mol. The van der Waals surface area contributed by atoms with E-state index < -0.39 is 29.2 Å². The van der Waals surface area contributed by atoms with Crippen LogP contribution in [0.1, 0.15) is 11.1 Å². The van der Waals surface area contributed by atoms with Crippen LogP contribution in [0.15, 0.2) is 18.2 Å². The Labute approximate surface area is 117 Å². The Kier molecular flexibility index (Phi) is 5.12. The highest BCUT2D eigenvalue weighted by molar-refractivity contribution is 5.92. The van der Waals surface area contributed by atoms with Gasteiger partial charge in [0, 0.05) is 12.7 Å². The van der Waals surface area contributed by atoms with E-state index in [2.05, 4.69) is 16.0 Å². The van der Waals surface area contributed by atoms with E-state index in [0.29, 0.717) is 6.07 Å². The minimum absolute atomic E-state index is 0.143. The maximum Gasteiger partial charge on any atom is 0.417 e. The molecule has 9 heteroatoms. The van der Waals surface area contributed by atoms with Crippen molar-refractivity contribution in [2.75, 3.05) is 18.9 Å². The molecule has 0 unspecified atom stereocenters. The van der Waals surface area contributed by atoms with Crippen molar-refractivity contribution in [1.29, 1.82) is 5.26 Å². The molecule has 0 heterocycles. The van der Waals surface area contributed by atoms with Crippen LogP contribution in [0.3, 0.4) is 0 Å². The molecule has 0 aliphatic carbocycles. The number of amides is 3. The zero-order valence-corrected chi connectivity index (χ0v) is 10.8. The fraction of sp³-hybridized carbons (Fsp3) is 0.250. The summed E-state index contributed by atoms with van der Waals surface area (Å²) in [6, 6.07) is 3.36. The summed E-state index contributed by atoms with van der Waals surface area (Å²) in [5.74, 6) is -0.457. The molecule has 3 amide bonds. The third-order valence-corrected chi connectivity index (χ3v) is 2.39. The van der Waals surface area contributed by atoms with E-state index in [1.54, 1.807) is 0 Å². The summed E-state index contributed by atoms with van der Waals surface area (Å²) in [4.78, 5) is 22.3. The number of hydrogen-bond acceptors (Lipinski definition) is 3. The largest absolute Gasteiger partial charge is 0.417 e. The van der Waals surface area contributed by atoms with E-state index in [4.69, 9.17) is 5.26 Å². The molecule has 0 spiro atoms. The topological polar surface area (TPSA) is 94.0 Å². The number of nitrogens with zero attached hydrogens (tertiary/aromatic N) is 1. The average Bonchev–Trinajstić information content (AvgIpc) is 2.43. The Bertz CT molecular complexity index is 593. The van der Waals surface area contributed by atoms with Crippen molar-refractivity contribution in [3.05, 3.63) is 29.3 Å². The first kappa shape index (κ1) is 16.3. The fourth-order valence-corrected chi connectivity index (χ4v) is 1.38. The highest BCUT2D eigenvalue weighted by atomic mass is 19.4. The molecule has 0 aliphatic rings. The molecule has 0 aromatic heterocycles. The van der Waals surface area contributed by atoms with Crippen LogP contribution in [-0.4, -0.2) is 25.5 Å². The molecule has 0 saturated heterocycles. The molecule has 21 heavy (non-hydrogen) atoms. The van der Waals surface area contributed by atoms with Crippen LogP contribution < -0.4 is 16.0 Å². The van der Waals surface area contributed by atoms with Crippen LogP contribution in [0.4, 0.5) is 23.7 Å². The van der Waals surface area contributed by atoms with Gasteiger partial charge in [0.1, 0.15) is 0 Å². The molecule has 6 nitrogen and oxygen atoms in total. The summed E-state index contributed by atoms with van der Waals surface area (Å²) in [6.45, 7) is -0.315. The van der Waals surface area contributed by atoms with Crippen molar-refractivity contribution < 1.29 is 22.8 Å². The second-order valence-electron chi connectivity index (χ2n) is 3.85. The maximum atomic E-state index is 12.7. The highest BCUT2D eigenvalue weighted by Crippen LogP contribution is 2.33. The standard InChI is InChI=1S/C12H11F3N4O2/c1-17-10(20)6-18-11(21)19-8-3-2-7(5-16)9(4-8)12(13,14)15/h2-4H,6H2,1H3,(H,17,20)(H2,18,19,21). The fourth-order valence-electron chi connectivity index (χ4n) is 1.38. The second kappa shape index (κ2) is 6.60. The molecule has 1 aromatic carbocycles. The zero-order chi connectivity index (χ0) is 16.0. The van der Waals surface area contributed by atoms with E-state index in [1.165, 1.54) is 13.1 Å². The molecule has 0 fully saturated rings. The number of rotatable bonds is 3. The average molecular weight is 300 g/mol. The number of nitrogens with one attached hydrogen (secondary N) is 3. The molecule has 0 aliphatic heterocycles. The van der Waals surface area contributed by atoms with Gasteiger partial charge in [-0.2, -0.15) is 18.4 Å². The Morgan fingerprint density at radius 1 is 1.33 bits per heavy atom. The highest BCUT2D eigenvalue weighted by Gasteiger charge is 2.33. The van der Waals surface area contributed by atoms with Gasteiger partial charge in [-0.25, -0.2) is 4.79 Å². The molecule has 0 radical (unpaired) electrons. The summed E-state index contributed by atoms with van der Waals surface area (Å²) in [5.41, 5.74) is -1.83. The predicted octanol–water partition coefficient (Wildman–Crippen LogP) is 1.44. The SMILES string of the molecule is CNC(=O)CNC(=O)Nc1ccc(C#N)c(C(F)(F)F)c1. The molecular formula is C12H11F3N4O2.